The number of rotatable bonds is 6. The molecule has 1 rings (SSSR count). The van der Waals surface area contributed by atoms with Gasteiger partial charge in [-0.15, -0.1) is 0 Å². The highest BCUT2D eigenvalue weighted by Crippen LogP contribution is 2.10. The molecule has 0 aliphatic heterocycles. The van der Waals surface area contributed by atoms with Gasteiger partial charge < -0.3 is 10.1 Å². The second-order valence-corrected chi connectivity index (χ2v) is 2.99. The molecule has 3 heteroatoms. The normalized spacial score (nSPS) is 9.79. The van der Waals surface area contributed by atoms with Crippen LogP contribution in [0.25, 0.3) is 0 Å². The summed E-state index contributed by atoms with van der Waals surface area (Å²) < 4.78 is 5.45. The van der Waals surface area contributed by atoms with Gasteiger partial charge in [0.1, 0.15) is 12.0 Å². The molecular formula is C11H15NO2. The molecule has 76 valence electrons. The standard InChI is InChI=1S/C11H15NO2/c1-12-7-2-8-14-11-5-3-10(9-13)4-6-11/h3-6,9,12H,2,7-8H2,1H3. The van der Waals surface area contributed by atoms with Crippen molar-refractivity contribution in [3.8, 4) is 5.75 Å². The van der Waals surface area contributed by atoms with Crippen molar-refractivity contribution < 1.29 is 9.53 Å². The van der Waals surface area contributed by atoms with Crippen molar-refractivity contribution >= 4 is 6.29 Å². The summed E-state index contributed by atoms with van der Waals surface area (Å²) in [5.41, 5.74) is 0.674. The van der Waals surface area contributed by atoms with Crippen LogP contribution in [-0.4, -0.2) is 26.5 Å². The van der Waals surface area contributed by atoms with E-state index in [1.807, 2.05) is 19.2 Å². The summed E-state index contributed by atoms with van der Waals surface area (Å²) >= 11 is 0. The Balaban J connectivity index is 2.32. The van der Waals surface area contributed by atoms with E-state index in [1.54, 1.807) is 12.1 Å². The van der Waals surface area contributed by atoms with Gasteiger partial charge in [-0.2, -0.15) is 0 Å². The molecule has 0 amide bonds. The van der Waals surface area contributed by atoms with Crippen molar-refractivity contribution in [3.05, 3.63) is 29.8 Å². The van der Waals surface area contributed by atoms with Crippen LogP contribution in [0.1, 0.15) is 16.8 Å². The van der Waals surface area contributed by atoms with Crippen LogP contribution in [0.15, 0.2) is 24.3 Å². The van der Waals surface area contributed by atoms with Crippen LogP contribution in [0, 0.1) is 0 Å². The van der Waals surface area contributed by atoms with Gasteiger partial charge in [-0.25, -0.2) is 0 Å². The Morgan fingerprint density at radius 2 is 2.07 bits per heavy atom. The lowest BCUT2D eigenvalue weighted by molar-refractivity contribution is 0.112. The molecule has 0 unspecified atom stereocenters. The zero-order valence-electron chi connectivity index (χ0n) is 8.32. The predicted molar refractivity (Wildman–Crippen MR) is 55.9 cm³/mol. The van der Waals surface area contributed by atoms with Crippen molar-refractivity contribution in [3.63, 3.8) is 0 Å². The van der Waals surface area contributed by atoms with Gasteiger partial charge in [0, 0.05) is 5.56 Å². The molecule has 1 N–H and O–H groups in total. The Morgan fingerprint density at radius 1 is 1.36 bits per heavy atom. The van der Waals surface area contributed by atoms with E-state index in [9.17, 15) is 4.79 Å². The Labute approximate surface area is 84.1 Å². The van der Waals surface area contributed by atoms with E-state index in [4.69, 9.17) is 4.74 Å². The third-order valence-electron chi connectivity index (χ3n) is 1.86. The Kier molecular flexibility index (Phi) is 4.72. The highest BCUT2D eigenvalue weighted by molar-refractivity contribution is 5.74. The van der Waals surface area contributed by atoms with Crippen molar-refractivity contribution in [1.82, 2.24) is 5.32 Å². The fourth-order valence-electron chi connectivity index (χ4n) is 1.08. The minimum atomic E-state index is 0.674. The topological polar surface area (TPSA) is 38.3 Å². The summed E-state index contributed by atoms with van der Waals surface area (Å²) in [6.45, 7) is 1.65. The maximum atomic E-state index is 10.4. The minimum absolute atomic E-state index is 0.674. The van der Waals surface area contributed by atoms with Gasteiger partial charge in [0.2, 0.25) is 0 Å². The lowest BCUT2D eigenvalue weighted by Gasteiger charge is -2.05. The second-order valence-electron chi connectivity index (χ2n) is 2.99. The molecular weight excluding hydrogens is 178 g/mol. The molecule has 1 aromatic rings. The van der Waals surface area contributed by atoms with E-state index in [1.165, 1.54) is 0 Å². The van der Waals surface area contributed by atoms with E-state index >= 15 is 0 Å². The van der Waals surface area contributed by atoms with Gasteiger partial charge in [0.15, 0.2) is 0 Å². The first-order chi connectivity index (χ1) is 6.86. The lowest BCUT2D eigenvalue weighted by Crippen LogP contribution is -2.11. The second kappa shape index (κ2) is 6.16. The molecule has 0 bridgehead atoms. The van der Waals surface area contributed by atoms with E-state index in [-0.39, 0.29) is 0 Å². The average molecular weight is 193 g/mol. The maximum absolute atomic E-state index is 10.4. The van der Waals surface area contributed by atoms with E-state index in [0.717, 1.165) is 25.0 Å². The summed E-state index contributed by atoms with van der Waals surface area (Å²) in [4.78, 5) is 10.4. The van der Waals surface area contributed by atoms with Crippen LogP contribution < -0.4 is 10.1 Å². The van der Waals surface area contributed by atoms with Crippen LogP contribution in [-0.2, 0) is 0 Å². The maximum Gasteiger partial charge on any atom is 0.150 e. The first kappa shape index (κ1) is 10.7. The molecule has 0 heterocycles. The van der Waals surface area contributed by atoms with Crippen LogP contribution in [0.2, 0.25) is 0 Å². The largest absolute Gasteiger partial charge is 0.494 e. The number of hydrogen-bond acceptors (Lipinski definition) is 3. The summed E-state index contributed by atoms with van der Waals surface area (Å²) in [7, 11) is 1.92. The quantitative estimate of drug-likeness (QED) is 0.549. The van der Waals surface area contributed by atoms with Gasteiger partial charge in [-0.3, -0.25) is 4.79 Å². The van der Waals surface area contributed by atoms with E-state index < -0.39 is 0 Å². The minimum Gasteiger partial charge on any atom is -0.494 e. The van der Waals surface area contributed by atoms with Crippen LogP contribution >= 0.6 is 0 Å². The highest BCUT2D eigenvalue weighted by atomic mass is 16.5. The molecule has 0 aromatic heterocycles. The summed E-state index contributed by atoms with van der Waals surface area (Å²) in [5, 5.41) is 3.05. The predicted octanol–water partition coefficient (Wildman–Crippen LogP) is 1.49. The van der Waals surface area contributed by atoms with Crippen molar-refractivity contribution in [2.45, 2.75) is 6.42 Å². The Morgan fingerprint density at radius 3 is 2.64 bits per heavy atom. The van der Waals surface area contributed by atoms with E-state index in [0.29, 0.717) is 12.2 Å². The van der Waals surface area contributed by atoms with Gasteiger partial charge in [0.05, 0.1) is 6.61 Å². The molecule has 0 radical (unpaired) electrons. The summed E-state index contributed by atoms with van der Waals surface area (Å²) in [6.07, 6.45) is 1.80. The molecule has 1 aromatic carbocycles. The van der Waals surface area contributed by atoms with Gasteiger partial charge in [0.25, 0.3) is 0 Å². The molecule has 0 aliphatic rings. The summed E-state index contributed by atoms with van der Waals surface area (Å²) in [5.74, 6) is 0.812. The van der Waals surface area contributed by atoms with Gasteiger partial charge in [-0.1, -0.05) is 0 Å². The van der Waals surface area contributed by atoms with Crippen LogP contribution in [0.3, 0.4) is 0 Å². The molecule has 0 saturated heterocycles. The first-order valence-corrected chi connectivity index (χ1v) is 4.69. The molecule has 0 spiro atoms. The third-order valence-corrected chi connectivity index (χ3v) is 1.86. The SMILES string of the molecule is CNCCCOc1ccc(C=O)cc1. The number of ether oxygens (including phenoxy) is 1. The van der Waals surface area contributed by atoms with Crippen molar-refractivity contribution in [2.75, 3.05) is 20.2 Å². The van der Waals surface area contributed by atoms with E-state index in [2.05, 4.69) is 5.32 Å². The lowest BCUT2D eigenvalue weighted by atomic mass is 10.2. The summed E-state index contributed by atoms with van der Waals surface area (Å²) in [6, 6.07) is 7.12. The number of carbonyl (C=O) groups is 1. The van der Waals surface area contributed by atoms with Crippen LogP contribution in [0.5, 0.6) is 5.75 Å². The van der Waals surface area contributed by atoms with Gasteiger partial charge >= 0.3 is 0 Å². The molecule has 3 nitrogen and oxygen atoms in total. The zero-order valence-corrected chi connectivity index (χ0v) is 8.32. The van der Waals surface area contributed by atoms with Crippen LogP contribution in [0.4, 0.5) is 0 Å². The molecule has 0 atom stereocenters. The Hall–Kier alpha value is -1.35. The number of aldehydes is 1. The first-order valence-electron chi connectivity index (χ1n) is 4.69. The number of nitrogens with one attached hydrogen (secondary N) is 1. The van der Waals surface area contributed by atoms with Gasteiger partial charge in [-0.05, 0) is 44.3 Å². The van der Waals surface area contributed by atoms with Crippen molar-refractivity contribution in [2.24, 2.45) is 0 Å². The number of hydrogen-bond donors (Lipinski definition) is 1. The fraction of sp³-hybridized carbons (Fsp3) is 0.364. The zero-order chi connectivity index (χ0) is 10.2. The molecule has 14 heavy (non-hydrogen) atoms. The third kappa shape index (κ3) is 3.58. The smallest absolute Gasteiger partial charge is 0.150 e. The molecule has 0 saturated carbocycles. The highest BCUT2D eigenvalue weighted by Gasteiger charge is 1.93. The molecule has 0 aliphatic carbocycles. The fourth-order valence-corrected chi connectivity index (χ4v) is 1.08. The van der Waals surface area contributed by atoms with Crippen molar-refractivity contribution in [1.29, 1.82) is 0 Å². The Bertz CT molecular complexity index is 269. The number of benzene rings is 1. The monoisotopic (exact) mass is 193 g/mol. The number of carbonyl (C=O) groups excluding carboxylic acids is 1. The molecule has 0 fully saturated rings. The average Bonchev–Trinajstić information content (AvgIpc) is 2.25.